The summed E-state index contributed by atoms with van der Waals surface area (Å²) in [5, 5.41) is 3.21. The monoisotopic (exact) mass is 437 g/mol. The maximum absolute atomic E-state index is 13.0. The predicted octanol–water partition coefficient (Wildman–Crippen LogP) is 4.93. The highest BCUT2D eigenvalue weighted by molar-refractivity contribution is 6.31. The molecule has 0 saturated carbocycles. The second-order valence-corrected chi connectivity index (χ2v) is 7.12. The molecule has 7 nitrogen and oxygen atoms in total. The molecule has 0 aliphatic heterocycles. The van der Waals surface area contributed by atoms with Crippen molar-refractivity contribution in [2.75, 3.05) is 11.9 Å². The van der Waals surface area contributed by atoms with Crippen molar-refractivity contribution in [3.8, 4) is 17.3 Å². The number of hydrogen-bond donors (Lipinski definition) is 1. The summed E-state index contributed by atoms with van der Waals surface area (Å²) in [6.07, 6.45) is 1.43. The lowest BCUT2D eigenvalue weighted by molar-refractivity contribution is -0.118. The molecule has 4 rings (SSSR count). The van der Waals surface area contributed by atoms with Gasteiger partial charge in [0.05, 0.1) is 11.6 Å². The first kappa shape index (κ1) is 20.4. The predicted molar refractivity (Wildman–Crippen MR) is 116 cm³/mol. The van der Waals surface area contributed by atoms with E-state index in [1.54, 1.807) is 48.5 Å². The minimum absolute atomic E-state index is 0.0659. The Bertz CT molecular complexity index is 1340. The van der Waals surface area contributed by atoms with Gasteiger partial charge in [0.1, 0.15) is 5.58 Å². The molecule has 8 heteroatoms. The van der Waals surface area contributed by atoms with Gasteiger partial charge in [-0.25, -0.2) is 0 Å². The normalized spacial score (nSPS) is 10.8. The van der Waals surface area contributed by atoms with Gasteiger partial charge in [0.25, 0.3) is 5.91 Å². The van der Waals surface area contributed by atoms with Gasteiger partial charge in [-0.1, -0.05) is 23.7 Å². The number of benzene rings is 2. The van der Waals surface area contributed by atoms with Gasteiger partial charge in [0.15, 0.2) is 18.2 Å². The lowest BCUT2D eigenvalue weighted by Gasteiger charge is -2.11. The van der Waals surface area contributed by atoms with Crippen molar-refractivity contribution in [3.05, 3.63) is 81.7 Å². The highest BCUT2D eigenvalue weighted by Crippen LogP contribution is 2.32. The molecule has 0 fully saturated rings. The Kier molecular flexibility index (Phi) is 5.60. The number of furan rings is 1. The SMILES string of the molecule is CC(=O)c1cccc(NC(=O)COc2c(-c3ccco3)oc3ccc(Cl)cc3c2=O)c1. The number of rotatable bonds is 6. The van der Waals surface area contributed by atoms with E-state index in [4.69, 9.17) is 25.2 Å². The van der Waals surface area contributed by atoms with Crippen molar-refractivity contribution in [2.24, 2.45) is 0 Å². The maximum Gasteiger partial charge on any atom is 0.262 e. The fourth-order valence-electron chi connectivity index (χ4n) is 3.00. The Morgan fingerprint density at radius 1 is 1.10 bits per heavy atom. The van der Waals surface area contributed by atoms with Crippen LogP contribution in [0.5, 0.6) is 5.75 Å². The molecule has 156 valence electrons. The van der Waals surface area contributed by atoms with Crippen LogP contribution in [0.1, 0.15) is 17.3 Å². The molecule has 0 atom stereocenters. The lowest BCUT2D eigenvalue weighted by atomic mass is 10.1. The molecular formula is C23H16ClNO6. The molecule has 0 aliphatic rings. The lowest BCUT2D eigenvalue weighted by Crippen LogP contribution is -2.22. The molecule has 2 aromatic heterocycles. The summed E-state index contributed by atoms with van der Waals surface area (Å²) >= 11 is 6.01. The average molecular weight is 438 g/mol. The largest absolute Gasteiger partial charge is 0.476 e. The van der Waals surface area contributed by atoms with Gasteiger partial charge in [0.2, 0.25) is 16.9 Å². The molecule has 1 N–H and O–H groups in total. The van der Waals surface area contributed by atoms with E-state index < -0.39 is 17.9 Å². The highest BCUT2D eigenvalue weighted by Gasteiger charge is 2.21. The van der Waals surface area contributed by atoms with Gasteiger partial charge in [-0.05, 0) is 49.4 Å². The third-order valence-electron chi connectivity index (χ3n) is 4.46. The molecule has 0 aliphatic carbocycles. The highest BCUT2D eigenvalue weighted by atomic mass is 35.5. The van der Waals surface area contributed by atoms with Crippen LogP contribution in [-0.2, 0) is 4.79 Å². The van der Waals surface area contributed by atoms with Crippen LogP contribution in [0.2, 0.25) is 5.02 Å². The van der Waals surface area contributed by atoms with Gasteiger partial charge in [-0.2, -0.15) is 0 Å². The van der Waals surface area contributed by atoms with Crippen LogP contribution in [0.15, 0.2) is 74.5 Å². The summed E-state index contributed by atoms with van der Waals surface area (Å²) in [5.41, 5.74) is 0.718. The van der Waals surface area contributed by atoms with E-state index in [2.05, 4.69) is 5.32 Å². The standard InChI is InChI=1S/C23H16ClNO6/c1-13(26)14-4-2-5-16(10-14)25-20(27)12-30-23-21(28)17-11-15(24)7-8-18(17)31-22(23)19-6-3-9-29-19/h2-11H,12H2,1H3,(H,25,27). The number of hydrogen-bond acceptors (Lipinski definition) is 6. The molecule has 0 unspecified atom stereocenters. The zero-order chi connectivity index (χ0) is 22.0. The van der Waals surface area contributed by atoms with Crippen LogP contribution in [0.4, 0.5) is 5.69 Å². The topological polar surface area (TPSA) is 98.8 Å². The molecule has 1 amide bonds. The molecule has 2 heterocycles. The van der Waals surface area contributed by atoms with Crippen LogP contribution >= 0.6 is 11.6 Å². The maximum atomic E-state index is 13.0. The second kappa shape index (κ2) is 8.49. The van der Waals surface area contributed by atoms with Gasteiger partial charge < -0.3 is 18.9 Å². The molecule has 31 heavy (non-hydrogen) atoms. The van der Waals surface area contributed by atoms with Crippen molar-refractivity contribution < 1.29 is 23.2 Å². The summed E-state index contributed by atoms with van der Waals surface area (Å²) < 4.78 is 16.7. The van der Waals surface area contributed by atoms with Crippen LogP contribution in [0, 0.1) is 0 Å². The third-order valence-corrected chi connectivity index (χ3v) is 4.69. The van der Waals surface area contributed by atoms with Crippen molar-refractivity contribution in [2.45, 2.75) is 6.92 Å². The first-order valence-electron chi connectivity index (χ1n) is 9.26. The number of anilines is 1. The van der Waals surface area contributed by atoms with E-state index in [9.17, 15) is 14.4 Å². The van der Waals surface area contributed by atoms with Gasteiger partial charge in [-0.15, -0.1) is 0 Å². The van der Waals surface area contributed by atoms with Crippen molar-refractivity contribution in [1.29, 1.82) is 0 Å². The minimum Gasteiger partial charge on any atom is -0.476 e. The van der Waals surface area contributed by atoms with Gasteiger partial charge in [-0.3, -0.25) is 14.4 Å². The van der Waals surface area contributed by atoms with Crippen LogP contribution in [-0.4, -0.2) is 18.3 Å². The molecule has 0 bridgehead atoms. The number of carbonyl (C=O) groups is 2. The zero-order valence-corrected chi connectivity index (χ0v) is 17.1. The van der Waals surface area contributed by atoms with E-state index >= 15 is 0 Å². The van der Waals surface area contributed by atoms with E-state index in [-0.39, 0.29) is 28.4 Å². The Morgan fingerprint density at radius 3 is 2.68 bits per heavy atom. The Morgan fingerprint density at radius 2 is 1.94 bits per heavy atom. The fourth-order valence-corrected chi connectivity index (χ4v) is 3.17. The van der Waals surface area contributed by atoms with E-state index in [1.165, 1.54) is 19.3 Å². The van der Waals surface area contributed by atoms with Crippen molar-refractivity contribution in [1.82, 2.24) is 0 Å². The van der Waals surface area contributed by atoms with Crippen LogP contribution < -0.4 is 15.5 Å². The molecule has 0 radical (unpaired) electrons. The molecular weight excluding hydrogens is 422 g/mol. The summed E-state index contributed by atoms with van der Waals surface area (Å²) in [6.45, 7) is 0.973. The minimum atomic E-state index is -0.517. The average Bonchev–Trinajstić information content (AvgIpc) is 3.28. The molecule has 0 spiro atoms. The van der Waals surface area contributed by atoms with Gasteiger partial charge >= 0.3 is 0 Å². The molecule has 4 aromatic rings. The zero-order valence-electron chi connectivity index (χ0n) is 16.3. The quantitative estimate of drug-likeness (QED) is 0.429. The first-order chi connectivity index (χ1) is 14.9. The Labute approximate surface area is 181 Å². The summed E-state index contributed by atoms with van der Waals surface area (Å²) in [5.74, 6) is -0.466. The van der Waals surface area contributed by atoms with Crippen LogP contribution in [0.25, 0.3) is 22.5 Å². The second-order valence-electron chi connectivity index (χ2n) is 6.68. The van der Waals surface area contributed by atoms with E-state index in [0.717, 1.165) is 0 Å². The van der Waals surface area contributed by atoms with E-state index in [0.29, 0.717) is 21.9 Å². The smallest absolute Gasteiger partial charge is 0.262 e. The van der Waals surface area contributed by atoms with E-state index in [1.807, 2.05) is 0 Å². The Balaban J connectivity index is 1.63. The number of Topliss-reactive ketones (excluding diaryl/α,β-unsaturated/α-hetero) is 1. The van der Waals surface area contributed by atoms with Crippen molar-refractivity contribution >= 4 is 39.9 Å². The number of fused-ring (bicyclic) bond motifs is 1. The number of carbonyl (C=O) groups excluding carboxylic acids is 2. The molecule has 2 aromatic carbocycles. The number of ether oxygens (including phenoxy) is 1. The third kappa shape index (κ3) is 4.36. The number of ketones is 1. The van der Waals surface area contributed by atoms with Crippen LogP contribution in [0.3, 0.4) is 0 Å². The number of halogens is 1. The first-order valence-corrected chi connectivity index (χ1v) is 9.64. The summed E-state index contributed by atoms with van der Waals surface area (Å²) in [4.78, 5) is 36.9. The van der Waals surface area contributed by atoms with Gasteiger partial charge in [0, 0.05) is 16.3 Å². The fraction of sp³-hybridized carbons (Fsp3) is 0.0870. The number of amides is 1. The summed E-state index contributed by atoms with van der Waals surface area (Å²) in [6, 6.07) is 14.4. The Hall–Kier alpha value is -3.84. The number of nitrogens with one attached hydrogen (secondary N) is 1. The summed E-state index contributed by atoms with van der Waals surface area (Å²) in [7, 11) is 0. The molecule has 0 saturated heterocycles. The van der Waals surface area contributed by atoms with Crippen molar-refractivity contribution in [3.63, 3.8) is 0 Å².